The van der Waals surface area contributed by atoms with E-state index < -0.39 is 0 Å². The lowest BCUT2D eigenvalue weighted by molar-refractivity contribution is 0.193. The molecule has 4 nitrogen and oxygen atoms in total. The molecule has 0 amide bonds. The molecule has 82 valence electrons. The summed E-state index contributed by atoms with van der Waals surface area (Å²) >= 11 is 0. The highest BCUT2D eigenvalue weighted by atomic mass is 16.5. The number of hydrogen-bond acceptors (Lipinski definition) is 4. The summed E-state index contributed by atoms with van der Waals surface area (Å²) < 4.78 is 5.33. The minimum absolute atomic E-state index is 0.146. The normalized spacial score (nSPS) is 22.9. The van der Waals surface area contributed by atoms with Crippen LogP contribution in [0.2, 0.25) is 0 Å². The molecule has 15 heavy (non-hydrogen) atoms. The largest absolute Gasteiger partial charge is 0.381 e. The van der Waals surface area contributed by atoms with E-state index in [1.807, 2.05) is 19.2 Å². The van der Waals surface area contributed by atoms with Gasteiger partial charge >= 0.3 is 0 Å². The van der Waals surface area contributed by atoms with Crippen molar-refractivity contribution in [3.63, 3.8) is 0 Å². The van der Waals surface area contributed by atoms with Gasteiger partial charge in [-0.2, -0.15) is 0 Å². The Morgan fingerprint density at radius 2 is 2.53 bits per heavy atom. The zero-order valence-corrected chi connectivity index (χ0v) is 9.02. The Balaban J connectivity index is 2.11. The summed E-state index contributed by atoms with van der Waals surface area (Å²) in [6.07, 6.45) is 3.66. The summed E-state index contributed by atoms with van der Waals surface area (Å²) in [6.45, 7) is 3.56. The van der Waals surface area contributed by atoms with Gasteiger partial charge in [-0.1, -0.05) is 0 Å². The molecule has 2 unspecified atom stereocenters. The van der Waals surface area contributed by atoms with E-state index >= 15 is 0 Å². The summed E-state index contributed by atoms with van der Waals surface area (Å²) in [5, 5.41) is 0. The van der Waals surface area contributed by atoms with Crippen molar-refractivity contribution in [2.45, 2.75) is 31.7 Å². The lowest BCUT2D eigenvalue weighted by Crippen LogP contribution is -2.19. The fraction of sp³-hybridized carbons (Fsp3) is 0.636. The van der Waals surface area contributed by atoms with Crippen molar-refractivity contribution in [3.8, 4) is 0 Å². The smallest absolute Gasteiger partial charge is 0.133 e. The summed E-state index contributed by atoms with van der Waals surface area (Å²) in [6, 6.07) is 2.08. The Labute approximate surface area is 89.9 Å². The van der Waals surface area contributed by atoms with Crippen molar-refractivity contribution in [3.05, 3.63) is 23.8 Å². The first-order chi connectivity index (χ1) is 7.25. The van der Waals surface area contributed by atoms with Crippen molar-refractivity contribution < 1.29 is 4.74 Å². The molecule has 0 spiro atoms. The van der Waals surface area contributed by atoms with Crippen LogP contribution in [-0.2, 0) is 11.2 Å². The van der Waals surface area contributed by atoms with Crippen molar-refractivity contribution in [1.82, 2.24) is 9.97 Å². The van der Waals surface area contributed by atoms with Crippen molar-refractivity contribution in [1.29, 1.82) is 0 Å². The molecule has 2 heterocycles. The maximum absolute atomic E-state index is 5.74. The summed E-state index contributed by atoms with van der Waals surface area (Å²) in [4.78, 5) is 8.82. The fourth-order valence-electron chi connectivity index (χ4n) is 1.79. The molecule has 1 aliphatic rings. The first-order valence-corrected chi connectivity index (χ1v) is 5.41. The van der Waals surface area contributed by atoms with E-state index in [1.165, 1.54) is 0 Å². The molecule has 1 aromatic heterocycles. The van der Waals surface area contributed by atoms with Crippen LogP contribution in [-0.4, -0.2) is 29.2 Å². The quantitative estimate of drug-likeness (QED) is 0.799. The van der Waals surface area contributed by atoms with Crippen LogP contribution >= 0.6 is 0 Å². The average molecular weight is 207 g/mol. The van der Waals surface area contributed by atoms with Crippen LogP contribution in [0.5, 0.6) is 0 Å². The van der Waals surface area contributed by atoms with E-state index in [9.17, 15) is 0 Å². The Morgan fingerprint density at radius 3 is 3.20 bits per heavy atom. The third-order valence-electron chi connectivity index (χ3n) is 2.56. The van der Waals surface area contributed by atoms with Crippen molar-refractivity contribution in [2.24, 2.45) is 5.73 Å². The van der Waals surface area contributed by atoms with Crippen LogP contribution < -0.4 is 5.73 Å². The van der Waals surface area contributed by atoms with E-state index in [1.54, 1.807) is 0 Å². The van der Waals surface area contributed by atoms with E-state index in [-0.39, 0.29) is 6.04 Å². The topological polar surface area (TPSA) is 61.0 Å². The molecular formula is C11H17N3O. The molecule has 1 aromatic rings. The standard InChI is InChI=1S/C11H17N3O/c1-8(12)6-10-2-4-13-11(14-10)9-3-5-15-7-9/h2,4,8-9H,3,5-7,12H2,1H3. The molecule has 0 radical (unpaired) electrons. The highest BCUT2D eigenvalue weighted by molar-refractivity contribution is 5.07. The van der Waals surface area contributed by atoms with Gasteiger partial charge in [0, 0.05) is 36.9 Å². The Bertz CT molecular complexity index is 321. The van der Waals surface area contributed by atoms with Crippen LogP contribution in [0.15, 0.2) is 12.3 Å². The molecular weight excluding hydrogens is 190 g/mol. The SMILES string of the molecule is CC(N)Cc1ccnc(C2CCOC2)n1. The van der Waals surface area contributed by atoms with E-state index in [4.69, 9.17) is 10.5 Å². The third-order valence-corrected chi connectivity index (χ3v) is 2.56. The van der Waals surface area contributed by atoms with Gasteiger partial charge in [-0.15, -0.1) is 0 Å². The van der Waals surface area contributed by atoms with Gasteiger partial charge in [0.15, 0.2) is 0 Å². The summed E-state index contributed by atoms with van der Waals surface area (Å²) in [5.41, 5.74) is 6.77. The van der Waals surface area contributed by atoms with Gasteiger partial charge in [-0.25, -0.2) is 9.97 Å². The first-order valence-electron chi connectivity index (χ1n) is 5.41. The number of nitrogens with two attached hydrogens (primary N) is 1. The minimum Gasteiger partial charge on any atom is -0.381 e. The number of nitrogens with zero attached hydrogens (tertiary/aromatic N) is 2. The molecule has 1 saturated heterocycles. The molecule has 2 rings (SSSR count). The van der Waals surface area contributed by atoms with Gasteiger partial charge in [0.2, 0.25) is 0 Å². The molecule has 0 saturated carbocycles. The van der Waals surface area contributed by atoms with Gasteiger partial charge in [-0.05, 0) is 19.4 Å². The molecule has 4 heteroatoms. The molecule has 1 aliphatic heterocycles. The zero-order valence-electron chi connectivity index (χ0n) is 9.02. The van der Waals surface area contributed by atoms with Crippen LogP contribution in [0.3, 0.4) is 0 Å². The summed E-state index contributed by atoms with van der Waals surface area (Å²) in [7, 11) is 0. The summed E-state index contributed by atoms with van der Waals surface area (Å²) in [5.74, 6) is 1.28. The molecule has 2 atom stereocenters. The van der Waals surface area contributed by atoms with Gasteiger partial charge in [0.25, 0.3) is 0 Å². The molecule has 0 bridgehead atoms. The molecule has 0 aromatic carbocycles. The highest BCUT2D eigenvalue weighted by Crippen LogP contribution is 2.21. The Morgan fingerprint density at radius 1 is 1.67 bits per heavy atom. The predicted octanol–water partition coefficient (Wildman–Crippen LogP) is 0.870. The van der Waals surface area contributed by atoms with Gasteiger partial charge < -0.3 is 10.5 Å². The minimum atomic E-state index is 0.146. The number of hydrogen-bond donors (Lipinski definition) is 1. The van der Waals surface area contributed by atoms with Crippen LogP contribution in [0, 0.1) is 0 Å². The number of ether oxygens (including phenoxy) is 1. The molecule has 1 fully saturated rings. The predicted molar refractivity (Wildman–Crippen MR) is 57.6 cm³/mol. The van der Waals surface area contributed by atoms with E-state index in [0.717, 1.165) is 37.6 Å². The maximum Gasteiger partial charge on any atom is 0.133 e. The fourth-order valence-corrected chi connectivity index (χ4v) is 1.79. The first kappa shape index (κ1) is 10.5. The van der Waals surface area contributed by atoms with Crippen molar-refractivity contribution in [2.75, 3.05) is 13.2 Å². The second-order valence-electron chi connectivity index (χ2n) is 4.15. The maximum atomic E-state index is 5.74. The van der Waals surface area contributed by atoms with Crippen molar-refractivity contribution >= 4 is 0 Å². The van der Waals surface area contributed by atoms with Crippen LogP contribution in [0.25, 0.3) is 0 Å². The lowest BCUT2D eigenvalue weighted by Gasteiger charge is -2.09. The Hall–Kier alpha value is -1.00. The second kappa shape index (κ2) is 4.68. The van der Waals surface area contributed by atoms with Crippen LogP contribution in [0.1, 0.15) is 30.8 Å². The van der Waals surface area contributed by atoms with E-state index in [0.29, 0.717) is 5.92 Å². The third kappa shape index (κ3) is 2.73. The van der Waals surface area contributed by atoms with E-state index in [2.05, 4.69) is 9.97 Å². The van der Waals surface area contributed by atoms with Gasteiger partial charge in [0.1, 0.15) is 5.82 Å². The number of aromatic nitrogens is 2. The van der Waals surface area contributed by atoms with Gasteiger partial charge in [0.05, 0.1) is 6.61 Å². The zero-order chi connectivity index (χ0) is 10.7. The molecule has 2 N–H and O–H groups in total. The molecule has 0 aliphatic carbocycles. The van der Waals surface area contributed by atoms with Crippen LogP contribution in [0.4, 0.5) is 0 Å². The number of rotatable bonds is 3. The van der Waals surface area contributed by atoms with Gasteiger partial charge in [-0.3, -0.25) is 0 Å². The highest BCUT2D eigenvalue weighted by Gasteiger charge is 2.20. The average Bonchev–Trinajstić information content (AvgIpc) is 2.69. The second-order valence-corrected chi connectivity index (χ2v) is 4.15. The Kier molecular flexibility index (Phi) is 3.28. The lowest BCUT2D eigenvalue weighted by atomic mass is 10.1. The monoisotopic (exact) mass is 207 g/mol.